The summed E-state index contributed by atoms with van der Waals surface area (Å²) in [6.45, 7) is 3.95. The Morgan fingerprint density at radius 3 is 2.63 bits per heavy atom. The van der Waals surface area contributed by atoms with Crippen molar-refractivity contribution in [2.24, 2.45) is 5.92 Å². The summed E-state index contributed by atoms with van der Waals surface area (Å²) in [5.74, 6) is 0.411. The highest BCUT2D eigenvalue weighted by Crippen LogP contribution is 2.22. The number of piperidine rings is 1. The first-order valence-corrected chi connectivity index (χ1v) is 6.72. The number of benzene rings is 1. The van der Waals surface area contributed by atoms with Crippen molar-refractivity contribution in [3.05, 3.63) is 35.9 Å². The Morgan fingerprint density at radius 1 is 1.37 bits per heavy atom. The van der Waals surface area contributed by atoms with Crippen molar-refractivity contribution in [1.82, 2.24) is 10.2 Å². The van der Waals surface area contributed by atoms with E-state index in [1.54, 1.807) is 0 Å². The number of nitrogens with zero attached hydrogens (tertiary/aromatic N) is 1. The summed E-state index contributed by atoms with van der Waals surface area (Å²) >= 11 is 0. The SMILES string of the molecule is CC(c1ccccc1)N(C)C(=O)C1CCCNC1.Cl. The summed E-state index contributed by atoms with van der Waals surface area (Å²) in [6, 6.07) is 10.3. The van der Waals surface area contributed by atoms with Crippen molar-refractivity contribution in [3.63, 3.8) is 0 Å². The van der Waals surface area contributed by atoms with Gasteiger partial charge in [0.05, 0.1) is 12.0 Å². The molecule has 106 valence electrons. The number of carbonyl (C=O) groups excluding carboxylic acids is 1. The molecule has 1 aromatic rings. The third-order valence-electron chi connectivity index (χ3n) is 3.86. The van der Waals surface area contributed by atoms with Gasteiger partial charge in [-0.05, 0) is 31.9 Å². The van der Waals surface area contributed by atoms with Crippen LogP contribution in [0.25, 0.3) is 0 Å². The lowest BCUT2D eigenvalue weighted by molar-refractivity contribution is -0.136. The van der Waals surface area contributed by atoms with Gasteiger partial charge in [0.1, 0.15) is 0 Å². The smallest absolute Gasteiger partial charge is 0.227 e. The van der Waals surface area contributed by atoms with Crippen LogP contribution in [-0.4, -0.2) is 30.9 Å². The van der Waals surface area contributed by atoms with Crippen LogP contribution in [0.4, 0.5) is 0 Å². The van der Waals surface area contributed by atoms with Gasteiger partial charge >= 0.3 is 0 Å². The van der Waals surface area contributed by atoms with Gasteiger partial charge in [-0.15, -0.1) is 12.4 Å². The molecule has 1 aliphatic rings. The molecule has 2 rings (SSSR count). The molecule has 1 N–H and O–H groups in total. The van der Waals surface area contributed by atoms with Crippen molar-refractivity contribution in [1.29, 1.82) is 0 Å². The van der Waals surface area contributed by atoms with E-state index in [9.17, 15) is 4.79 Å². The molecule has 1 aromatic carbocycles. The van der Waals surface area contributed by atoms with Crippen LogP contribution in [0, 0.1) is 5.92 Å². The summed E-state index contributed by atoms with van der Waals surface area (Å²) in [4.78, 5) is 14.3. The van der Waals surface area contributed by atoms with E-state index in [0.717, 1.165) is 25.9 Å². The summed E-state index contributed by atoms with van der Waals surface area (Å²) in [5, 5.41) is 3.30. The summed E-state index contributed by atoms with van der Waals surface area (Å²) < 4.78 is 0. The summed E-state index contributed by atoms with van der Waals surface area (Å²) in [7, 11) is 1.91. The lowest BCUT2D eigenvalue weighted by atomic mass is 9.97. The molecule has 0 aromatic heterocycles. The zero-order valence-corrected chi connectivity index (χ0v) is 12.5. The van der Waals surface area contributed by atoms with Crippen LogP contribution in [0.1, 0.15) is 31.4 Å². The van der Waals surface area contributed by atoms with Crippen LogP contribution in [-0.2, 0) is 4.79 Å². The van der Waals surface area contributed by atoms with Crippen molar-refractivity contribution < 1.29 is 4.79 Å². The van der Waals surface area contributed by atoms with Gasteiger partial charge in [0, 0.05) is 13.6 Å². The first-order valence-electron chi connectivity index (χ1n) is 6.72. The topological polar surface area (TPSA) is 32.3 Å². The highest BCUT2D eigenvalue weighted by atomic mass is 35.5. The second-order valence-electron chi connectivity index (χ2n) is 5.08. The Labute approximate surface area is 121 Å². The lowest BCUT2D eigenvalue weighted by Gasteiger charge is -2.31. The minimum atomic E-state index is 0. The van der Waals surface area contributed by atoms with E-state index >= 15 is 0 Å². The zero-order valence-electron chi connectivity index (χ0n) is 11.6. The molecular formula is C15H23ClN2O. The largest absolute Gasteiger partial charge is 0.339 e. The Kier molecular flexibility index (Phi) is 6.32. The van der Waals surface area contributed by atoms with Gasteiger partial charge < -0.3 is 10.2 Å². The molecule has 2 unspecified atom stereocenters. The van der Waals surface area contributed by atoms with Gasteiger partial charge in [-0.2, -0.15) is 0 Å². The summed E-state index contributed by atoms with van der Waals surface area (Å²) in [5.41, 5.74) is 1.19. The maximum Gasteiger partial charge on any atom is 0.227 e. The molecule has 0 spiro atoms. The fourth-order valence-corrected chi connectivity index (χ4v) is 2.50. The van der Waals surface area contributed by atoms with E-state index in [0.29, 0.717) is 0 Å². The van der Waals surface area contributed by atoms with Crippen molar-refractivity contribution in [2.75, 3.05) is 20.1 Å². The van der Waals surface area contributed by atoms with Crippen LogP contribution in [0.2, 0.25) is 0 Å². The van der Waals surface area contributed by atoms with Crippen LogP contribution < -0.4 is 5.32 Å². The lowest BCUT2D eigenvalue weighted by Crippen LogP contribution is -2.42. The van der Waals surface area contributed by atoms with Crippen molar-refractivity contribution in [2.45, 2.75) is 25.8 Å². The third-order valence-corrected chi connectivity index (χ3v) is 3.86. The minimum Gasteiger partial charge on any atom is -0.339 e. The fourth-order valence-electron chi connectivity index (χ4n) is 2.50. The normalized spacial score (nSPS) is 20.2. The molecule has 1 heterocycles. The maximum absolute atomic E-state index is 12.4. The van der Waals surface area contributed by atoms with Crippen molar-refractivity contribution in [3.8, 4) is 0 Å². The highest BCUT2D eigenvalue weighted by Gasteiger charge is 2.26. The molecule has 2 atom stereocenters. The van der Waals surface area contributed by atoms with E-state index in [-0.39, 0.29) is 30.3 Å². The van der Waals surface area contributed by atoms with Crippen LogP contribution in [0.15, 0.2) is 30.3 Å². The molecule has 4 heteroatoms. The second kappa shape index (κ2) is 7.51. The number of halogens is 1. The van der Waals surface area contributed by atoms with Crippen LogP contribution in [0.5, 0.6) is 0 Å². The van der Waals surface area contributed by atoms with Crippen molar-refractivity contribution >= 4 is 18.3 Å². The molecular weight excluding hydrogens is 260 g/mol. The van der Waals surface area contributed by atoms with Gasteiger partial charge in [-0.1, -0.05) is 30.3 Å². The standard InChI is InChI=1S/C15H22N2O.ClH/c1-12(13-7-4-3-5-8-13)17(2)15(18)14-9-6-10-16-11-14;/h3-5,7-8,12,14,16H,6,9-11H2,1-2H3;1H. The van der Waals surface area contributed by atoms with E-state index in [1.807, 2.05) is 30.1 Å². The number of nitrogens with one attached hydrogen (secondary N) is 1. The molecule has 0 saturated carbocycles. The molecule has 19 heavy (non-hydrogen) atoms. The first-order chi connectivity index (χ1) is 8.70. The van der Waals surface area contributed by atoms with E-state index in [4.69, 9.17) is 0 Å². The fraction of sp³-hybridized carbons (Fsp3) is 0.533. The van der Waals surface area contributed by atoms with Gasteiger partial charge in [-0.25, -0.2) is 0 Å². The van der Waals surface area contributed by atoms with Gasteiger partial charge in [-0.3, -0.25) is 4.79 Å². The molecule has 3 nitrogen and oxygen atoms in total. The number of carbonyl (C=O) groups is 1. The molecule has 0 aliphatic carbocycles. The summed E-state index contributed by atoms with van der Waals surface area (Å²) in [6.07, 6.45) is 2.11. The minimum absolute atomic E-state index is 0. The first kappa shape index (κ1) is 16.0. The Balaban J connectivity index is 0.00000180. The van der Waals surface area contributed by atoms with Gasteiger partial charge in [0.15, 0.2) is 0 Å². The van der Waals surface area contributed by atoms with E-state index < -0.39 is 0 Å². The van der Waals surface area contributed by atoms with Crippen LogP contribution >= 0.6 is 12.4 Å². The maximum atomic E-state index is 12.4. The molecule has 1 amide bonds. The Hall–Kier alpha value is -1.06. The van der Waals surface area contributed by atoms with Gasteiger partial charge in [0.25, 0.3) is 0 Å². The molecule has 0 radical (unpaired) electrons. The predicted molar refractivity (Wildman–Crippen MR) is 80.5 cm³/mol. The number of hydrogen-bond acceptors (Lipinski definition) is 2. The average molecular weight is 283 g/mol. The average Bonchev–Trinajstić information content (AvgIpc) is 2.47. The quantitative estimate of drug-likeness (QED) is 0.924. The monoisotopic (exact) mass is 282 g/mol. The predicted octanol–water partition coefficient (Wildman–Crippen LogP) is 2.63. The van der Waals surface area contributed by atoms with Crippen LogP contribution in [0.3, 0.4) is 0 Å². The van der Waals surface area contributed by atoms with E-state index in [2.05, 4.69) is 24.4 Å². The second-order valence-corrected chi connectivity index (χ2v) is 5.08. The number of hydrogen-bond donors (Lipinski definition) is 1. The van der Waals surface area contributed by atoms with E-state index in [1.165, 1.54) is 5.56 Å². The molecule has 0 bridgehead atoms. The van der Waals surface area contributed by atoms with Gasteiger partial charge in [0.2, 0.25) is 5.91 Å². The zero-order chi connectivity index (χ0) is 13.0. The number of rotatable bonds is 3. The Morgan fingerprint density at radius 2 is 2.05 bits per heavy atom. The third kappa shape index (κ3) is 3.95. The highest BCUT2D eigenvalue weighted by molar-refractivity contribution is 5.85. The number of amides is 1. The molecule has 1 fully saturated rings. The molecule has 1 saturated heterocycles. The Bertz CT molecular complexity index is 390. The molecule has 1 aliphatic heterocycles.